The molecule has 0 fully saturated rings. The molecule has 22 heavy (non-hydrogen) atoms. The predicted molar refractivity (Wildman–Crippen MR) is 73.9 cm³/mol. The van der Waals surface area contributed by atoms with Crippen LogP contribution in [0.25, 0.3) is 5.52 Å². The third kappa shape index (κ3) is 2.74. The quantitative estimate of drug-likeness (QED) is 0.738. The van der Waals surface area contributed by atoms with Gasteiger partial charge in [-0.05, 0) is 24.3 Å². The zero-order valence-corrected chi connectivity index (χ0v) is 11.2. The molecule has 0 saturated carbocycles. The van der Waals surface area contributed by atoms with Gasteiger partial charge in [0.1, 0.15) is 5.82 Å². The Morgan fingerprint density at radius 1 is 1.14 bits per heavy atom. The first-order valence-electron chi connectivity index (χ1n) is 6.47. The molecule has 0 amide bonds. The van der Waals surface area contributed by atoms with Crippen molar-refractivity contribution >= 4 is 11.2 Å². The molecule has 0 unspecified atom stereocenters. The highest BCUT2D eigenvalue weighted by molar-refractivity contribution is 5.70. The van der Waals surface area contributed by atoms with E-state index in [1.807, 2.05) is 18.2 Å². The molecule has 0 saturated heterocycles. The van der Waals surface area contributed by atoms with Gasteiger partial charge in [0.2, 0.25) is 0 Å². The molecule has 1 aromatic carbocycles. The minimum atomic E-state index is -4.55. The molecule has 0 atom stereocenters. The highest BCUT2D eigenvalue weighted by Gasteiger charge is 2.31. The summed E-state index contributed by atoms with van der Waals surface area (Å²) in [5.41, 5.74) is 0.641. The molecule has 0 aliphatic carbocycles. The van der Waals surface area contributed by atoms with Crippen molar-refractivity contribution in [1.29, 1.82) is 0 Å². The number of pyridine rings is 1. The largest absolute Gasteiger partial charge is 0.416 e. The minimum Gasteiger partial charge on any atom is -0.378 e. The molecule has 7 heteroatoms. The predicted octanol–water partition coefficient (Wildman–Crippen LogP) is 4.10. The van der Waals surface area contributed by atoms with Crippen LogP contribution in [0.2, 0.25) is 0 Å². The fraction of sp³-hybridized carbons (Fsp3) is 0.133. The van der Waals surface area contributed by atoms with Gasteiger partial charge in [-0.25, -0.2) is 8.91 Å². The monoisotopic (exact) mass is 309 g/mol. The topological polar surface area (TPSA) is 29.3 Å². The maximum atomic E-state index is 13.8. The van der Waals surface area contributed by atoms with Gasteiger partial charge in [-0.3, -0.25) is 0 Å². The normalized spacial score (nSPS) is 11.8. The summed E-state index contributed by atoms with van der Waals surface area (Å²) in [7, 11) is 0. The van der Waals surface area contributed by atoms with Crippen LogP contribution >= 0.6 is 0 Å². The number of anilines is 1. The number of nitrogens with one attached hydrogen (secondary N) is 1. The number of halogens is 4. The van der Waals surface area contributed by atoms with Crippen LogP contribution in [0.1, 0.15) is 11.1 Å². The standard InChI is InChI=1S/C15H11F4N3/c16-12-7-11(15(17,18)19)5-4-10(12)8-20-13-9-21-22-6-2-1-3-14(13)22/h1-7,9,20H,8H2. The third-order valence-corrected chi connectivity index (χ3v) is 3.28. The van der Waals surface area contributed by atoms with Crippen LogP contribution in [0.5, 0.6) is 0 Å². The fourth-order valence-corrected chi connectivity index (χ4v) is 2.13. The van der Waals surface area contributed by atoms with Crippen molar-refractivity contribution in [3.05, 3.63) is 65.7 Å². The van der Waals surface area contributed by atoms with Gasteiger partial charge >= 0.3 is 6.18 Å². The Kier molecular flexibility index (Phi) is 3.48. The van der Waals surface area contributed by atoms with Crippen LogP contribution in [0.3, 0.4) is 0 Å². The lowest BCUT2D eigenvalue weighted by Gasteiger charge is -2.10. The molecule has 3 nitrogen and oxygen atoms in total. The molecule has 0 aliphatic heterocycles. The summed E-state index contributed by atoms with van der Waals surface area (Å²) in [6.07, 6.45) is -1.20. The lowest BCUT2D eigenvalue weighted by atomic mass is 10.1. The van der Waals surface area contributed by atoms with Gasteiger partial charge < -0.3 is 5.32 Å². The molecule has 0 bridgehead atoms. The second-order valence-corrected chi connectivity index (χ2v) is 4.75. The Morgan fingerprint density at radius 2 is 1.95 bits per heavy atom. The van der Waals surface area contributed by atoms with Gasteiger partial charge in [-0.1, -0.05) is 12.1 Å². The lowest BCUT2D eigenvalue weighted by Crippen LogP contribution is -2.08. The van der Waals surface area contributed by atoms with E-state index in [0.29, 0.717) is 11.8 Å². The summed E-state index contributed by atoms with van der Waals surface area (Å²) in [5, 5.41) is 7.09. The SMILES string of the molecule is Fc1cc(C(F)(F)F)ccc1CNc1cnn2ccccc12. The summed E-state index contributed by atoms with van der Waals surface area (Å²) >= 11 is 0. The lowest BCUT2D eigenvalue weighted by molar-refractivity contribution is -0.137. The first kappa shape index (κ1) is 14.4. The number of nitrogens with zero attached hydrogens (tertiary/aromatic N) is 2. The summed E-state index contributed by atoms with van der Waals surface area (Å²) in [4.78, 5) is 0. The van der Waals surface area contributed by atoms with E-state index in [1.165, 1.54) is 0 Å². The van der Waals surface area contributed by atoms with Gasteiger partial charge in [-0.15, -0.1) is 0 Å². The molecule has 2 aromatic heterocycles. The van der Waals surface area contributed by atoms with Crippen LogP contribution in [0.15, 0.2) is 48.8 Å². The molecular formula is C15H11F4N3. The van der Waals surface area contributed by atoms with E-state index >= 15 is 0 Å². The summed E-state index contributed by atoms with van der Waals surface area (Å²) in [5.74, 6) is -0.890. The van der Waals surface area contributed by atoms with Gasteiger partial charge in [0.25, 0.3) is 0 Å². The zero-order chi connectivity index (χ0) is 15.7. The molecular weight excluding hydrogens is 298 g/mol. The summed E-state index contributed by atoms with van der Waals surface area (Å²) in [6, 6.07) is 8.00. The highest BCUT2D eigenvalue weighted by atomic mass is 19.4. The summed E-state index contributed by atoms with van der Waals surface area (Å²) in [6.45, 7) is 0.0697. The molecule has 114 valence electrons. The first-order valence-corrected chi connectivity index (χ1v) is 6.47. The molecule has 0 radical (unpaired) electrons. The average molecular weight is 309 g/mol. The van der Waals surface area contributed by atoms with E-state index in [1.54, 1.807) is 16.9 Å². The van der Waals surface area contributed by atoms with E-state index in [4.69, 9.17) is 0 Å². The maximum Gasteiger partial charge on any atom is 0.416 e. The smallest absolute Gasteiger partial charge is 0.378 e. The van der Waals surface area contributed by atoms with Crippen LogP contribution in [0.4, 0.5) is 23.2 Å². The Labute approximate surface area is 123 Å². The first-order chi connectivity index (χ1) is 10.4. The molecule has 2 heterocycles. The Balaban J connectivity index is 1.79. The number of alkyl halides is 3. The molecule has 1 N–H and O–H groups in total. The molecule has 0 aliphatic rings. The minimum absolute atomic E-state index is 0.0697. The van der Waals surface area contributed by atoms with Crippen molar-refractivity contribution in [1.82, 2.24) is 9.61 Å². The van der Waals surface area contributed by atoms with Crippen molar-refractivity contribution in [3.63, 3.8) is 0 Å². The van der Waals surface area contributed by atoms with Crippen molar-refractivity contribution in [3.8, 4) is 0 Å². The maximum absolute atomic E-state index is 13.8. The van der Waals surface area contributed by atoms with E-state index < -0.39 is 17.6 Å². The van der Waals surface area contributed by atoms with E-state index in [-0.39, 0.29) is 12.1 Å². The van der Waals surface area contributed by atoms with Crippen molar-refractivity contribution < 1.29 is 17.6 Å². The van der Waals surface area contributed by atoms with E-state index in [0.717, 1.165) is 17.6 Å². The van der Waals surface area contributed by atoms with Crippen molar-refractivity contribution in [2.24, 2.45) is 0 Å². The number of benzene rings is 1. The van der Waals surface area contributed by atoms with Gasteiger partial charge in [0, 0.05) is 18.3 Å². The van der Waals surface area contributed by atoms with Crippen LogP contribution < -0.4 is 5.32 Å². The van der Waals surface area contributed by atoms with Crippen molar-refractivity contribution in [2.75, 3.05) is 5.32 Å². The Bertz CT molecular complexity index is 808. The number of fused-ring (bicyclic) bond motifs is 1. The van der Waals surface area contributed by atoms with Gasteiger partial charge in [-0.2, -0.15) is 18.3 Å². The van der Waals surface area contributed by atoms with Gasteiger partial charge in [0.05, 0.1) is 23.0 Å². The van der Waals surface area contributed by atoms with Crippen LogP contribution in [0, 0.1) is 5.82 Å². The number of hydrogen-bond acceptors (Lipinski definition) is 2. The summed E-state index contributed by atoms with van der Waals surface area (Å²) < 4.78 is 52.9. The van der Waals surface area contributed by atoms with E-state index in [9.17, 15) is 17.6 Å². The number of aromatic nitrogens is 2. The fourth-order valence-electron chi connectivity index (χ4n) is 2.13. The van der Waals surface area contributed by atoms with E-state index in [2.05, 4.69) is 10.4 Å². The average Bonchev–Trinajstić information content (AvgIpc) is 2.88. The molecule has 3 aromatic rings. The highest BCUT2D eigenvalue weighted by Crippen LogP contribution is 2.30. The Morgan fingerprint density at radius 3 is 2.68 bits per heavy atom. The van der Waals surface area contributed by atoms with Crippen LogP contribution in [-0.2, 0) is 12.7 Å². The molecule has 0 spiro atoms. The Hall–Kier alpha value is -2.57. The zero-order valence-electron chi connectivity index (χ0n) is 11.2. The number of hydrogen-bond donors (Lipinski definition) is 1. The van der Waals surface area contributed by atoms with Gasteiger partial charge in [0.15, 0.2) is 0 Å². The number of rotatable bonds is 3. The molecule has 3 rings (SSSR count). The van der Waals surface area contributed by atoms with Crippen LogP contribution in [-0.4, -0.2) is 9.61 Å². The second-order valence-electron chi connectivity index (χ2n) is 4.75. The second kappa shape index (κ2) is 5.32. The third-order valence-electron chi connectivity index (χ3n) is 3.28. The van der Waals surface area contributed by atoms with Crippen molar-refractivity contribution in [2.45, 2.75) is 12.7 Å².